The number of carbonyl (C=O) groups excluding carboxylic acids is 1. The number of hydrogen-bond acceptors (Lipinski definition) is 5. The molecule has 10 heteroatoms. The standard InChI is InChI=1S/C23H25N5O4S/c1-28-14-6-12-21(28)27-33(31,32)17-8-4-7-16(15-17)24-22(29)13-5-11-20-25-19-10-3-2-9-18(19)23(30)26-20/h2-4,7-10,15H,5-6,11-14H2,1H3,(H,24,29)(H,25,26,30)/b27-21+. The van der Waals surface area contributed by atoms with Crippen LogP contribution in [0.2, 0.25) is 0 Å². The summed E-state index contributed by atoms with van der Waals surface area (Å²) in [5.41, 5.74) is 0.801. The van der Waals surface area contributed by atoms with E-state index in [1.165, 1.54) is 12.1 Å². The highest BCUT2D eigenvalue weighted by molar-refractivity contribution is 7.90. The third-order valence-electron chi connectivity index (χ3n) is 5.46. The topological polar surface area (TPSA) is 125 Å². The summed E-state index contributed by atoms with van der Waals surface area (Å²) in [6.07, 6.45) is 2.62. The molecule has 2 heterocycles. The molecule has 1 saturated heterocycles. The van der Waals surface area contributed by atoms with E-state index in [-0.39, 0.29) is 22.8 Å². The number of sulfonamides is 1. The third kappa shape index (κ3) is 5.46. The second-order valence-corrected chi connectivity index (χ2v) is 9.57. The molecular weight excluding hydrogens is 442 g/mol. The van der Waals surface area contributed by atoms with Gasteiger partial charge in [0.15, 0.2) is 0 Å². The van der Waals surface area contributed by atoms with Crippen molar-refractivity contribution in [1.29, 1.82) is 0 Å². The van der Waals surface area contributed by atoms with Gasteiger partial charge in [-0.3, -0.25) is 9.59 Å². The van der Waals surface area contributed by atoms with Crippen molar-refractivity contribution in [2.45, 2.75) is 37.0 Å². The van der Waals surface area contributed by atoms with Gasteiger partial charge in [0.25, 0.3) is 15.6 Å². The number of aryl methyl sites for hydroxylation is 1. The van der Waals surface area contributed by atoms with Crippen LogP contribution in [-0.4, -0.2) is 48.6 Å². The van der Waals surface area contributed by atoms with Gasteiger partial charge in [-0.25, -0.2) is 4.98 Å². The van der Waals surface area contributed by atoms with Crippen molar-refractivity contribution in [2.24, 2.45) is 4.40 Å². The van der Waals surface area contributed by atoms with Gasteiger partial charge in [-0.15, -0.1) is 4.40 Å². The highest BCUT2D eigenvalue weighted by Crippen LogP contribution is 2.20. The molecular formula is C23H25N5O4S. The summed E-state index contributed by atoms with van der Waals surface area (Å²) >= 11 is 0. The van der Waals surface area contributed by atoms with Crippen molar-refractivity contribution in [2.75, 3.05) is 18.9 Å². The van der Waals surface area contributed by atoms with Crippen molar-refractivity contribution in [3.8, 4) is 0 Å². The largest absolute Gasteiger partial charge is 0.362 e. The number of rotatable bonds is 7. The zero-order valence-corrected chi connectivity index (χ0v) is 19.1. The third-order valence-corrected chi connectivity index (χ3v) is 6.76. The first-order valence-corrected chi connectivity index (χ1v) is 12.2. The molecule has 0 spiro atoms. The minimum absolute atomic E-state index is 0.0334. The Balaban J connectivity index is 1.37. The zero-order chi connectivity index (χ0) is 23.4. The molecule has 0 bridgehead atoms. The average Bonchev–Trinajstić information content (AvgIpc) is 3.17. The Morgan fingerprint density at radius 3 is 2.82 bits per heavy atom. The molecule has 1 aliphatic heterocycles. The second kappa shape index (κ2) is 9.53. The van der Waals surface area contributed by atoms with Crippen LogP contribution in [0.25, 0.3) is 10.9 Å². The lowest BCUT2D eigenvalue weighted by atomic mass is 10.2. The molecule has 3 aromatic rings. The van der Waals surface area contributed by atoms with E-state index in [1.807, 2.05) is 18.0 Å². The van der Waals surface area contributed by atoms with Crippen molar-refractivity contribution >= 4 is 38.4 Å². The van der Waals surface area contributed by atoms with E-state index < -0.39 is 10.0 Å². The first kappa shape index (κ1) is 22.7. The van der Waals surface area contributed by atoms with Gasteiger partial charge in [-0.1, -0.05) is 18.2 Å². The van der Waals surface area contributed by atoms with Gasteiger partial charge < -0.3 is 15.2 Å². The first-order valence-electron chi connectivity index (χ1n) is 10.7. The SMILES string of the molecule is CN1CCC/C1=N\S(=O)(=O)c1cccc(NC(=O)CCCc2nc3ccccc3c(=O)[nH]2)c1. The van der Waals surface area contributed by atoms with Crippen LogP contribution in [0.1, 0.15) is 31.5 Å². The van der Waals surface area contributed by atoms with Gasteiger partial charge >= 0.3 is 0 Å². The number of aromatic nitrogens is 2. The Hall–Kier alpha value is -3.53. The van der Waals surface area contributed by atoms with Gasteiger partial charge in [-0.05, 0) is 43.2 Å². The maximum atomic E-state index is 12.7. The summed E-state index contributed by atoms with van der Waals surface area (Å²) in [6, 6.07) is 13.2. The quantitative estimate of drug-likeness (QED) is 0.550. The van der Waals surface area contributed by atoms with Crippen LogP contribution < -0.4 is 10.9 Å². The average molecular weight is 468 g/mol. The summed E-state index contributed by atoms with van der Waals surface area (Å²) in [6.45, 7) is 0.785. The molecule has 4 rings (SSSR count). The van der Waals surface area contributed by atoms with Gasteiger partial charge in [0, 0.05) is 38.5 Å². The highest BCUT2D eigenvalue weighted by Gasteiger charge is 2.20. The van der Waals surface area contributed by atoms with E-state index >= 15 is 0 Å². The van der Waals surface area contributed by atoms with Gasteiger partial charge in [0.05, 0.1) is 15.8 Å². The van der Waals surface area contributed by atoms with Gasteiger partial charge in [0.2, 0.25) is 5.91 Å². The molecule has 1 amide bonds. The summed E-state index contributed by atoms with van der Waals surface area (Å²) in [7, 11) is -2.04. The van der Waals surface area contributed by atoms with Crippen molar-refractivity contribution in [1.82, 2.24) is 14.9 Å². The van der Waals surface area contributed by atoms with E-state index in [2.05, 4.69) is 19.7 Å². The van der Waals surface area contributed by atoms with E-state index in [0.717, 1.165) is 13.0 Å². The number of amidine groups is 1. The second-order valence-electron chi connectivity index (χ2n) is 7.97. The minimum Gasteiger partial charge on any atom is -0.362 e. The number of fused-ring (bicyclic) bond motifs is 1. The number of amides is 1. The number of nitrogens with zero attached hydrogens (tertiary/aromatic N) is 3. The lowest BCUT2D eigenvalue weighted by Gasteiger charge is -2.11. The van der Waals surface area contributed by atoms with Gasteiger partial charge in [-0.2, -0.15) is 8.42 Å². The van der Waals surface area contributed by atoms with Crippen LogP contribution in [-0.2, 0) is 21.2 Å². The molecule has 0 atom stereocenters. The number of likely N-dealkylation sites (tertiary alicyclic amines) is 1. The summed E-state index contributed by atoms with van der Waals surface area (Å²) in [5.74, 6) is 0.815. The van der Waals surface area contributed by atoms with Crippen LogP contribution in [0.15, 0.2) is 62.6 Å². The first-order chi connectivity index (χ1) is 15.8. The lowest BCUT2D eigenvalue weighted by Crippen LogP contribution is -2.20. The summed E-state index contributed by atoms with van der Waals surface area (Å²) < 4.78 is 29.3. The van der Waals surface area contributed by atoms with Crippen LogP contribution in [0.4, 0.5) is 5.69 Å². The van der Waals surface area contributed by atoms with Crippen LogP contribution in [0, 0.1) is 0 Å². The number of para-hydroxylation sites is 1. The Kier molecular flexibility index (Phi) is 6.55. The van der Waals surface area contributed by atoms with Crippen molar-refractivity contribution < 1.29 is 13.2 Å². The molecule has 9 nitrogen and oxygen atoms in total. The Labute approximate surface area is 191 Å². The van der Waals surface area contributed by atoms with Crippen LogP contribution in [0.5, 0.6) is 0 Å². The maximum Gasteiger partial charge on any atom is 0.284 e. The van der Waals surface area contributed by atoms with Crippen molar-refractivity contribution in [3.63, 3.8) is 0 Å². The monoisotopic (exact) mass is 467 g/mol. The molecule has 1 aliphatic rings. The lowest BCUT2D eigenvalue weighted by molar-refractivity contribution is -0.116. The Morgan fingerprint density at radius 1 is 1.21 bits per heavy atom. The Bertz CT molecular complexity index is 1380. The van der Waals surface area contributed by atoms with Gasteiger partial charge in [0.1, 0.15) is 11.7 Å². The zero-order valence-electron chi connectivity index (χ0n) is 18.2. The number of anilines is 1. The number of hydrogen-bond donors (Lipinski definition) is 2. The van der Waals surface area contributed by atoms with Crippen LogP contribution >= 0.6 is 0 Å². The number of benzene rings is 2. The normalized spacial score (nSPS) is 15.3. The molecule has 172 valence electrons. The maximum absolute atomic E-state index is 12.7. The molecule has 0 radical (unpaired) electrons. The molecule has 1 aromatic heterocycles. The molecule has 2 N–H and O–H groups in total. The predicted octanol–water partition coefficient (Wildman–Crippen LogP) is 2.70. The number of H-pyrrole nitrogens is 1. The van der Waals surface area contributed by atoms with Crippen LogP contribution in [0.3, 0.4) is 0 Å². The van der Waals surface area contributed by atoms with E-state index in [4.69, 9.17) is 0 Å². The fraction of sp³-hybridized carbons (Fsp3) is 0.304. The molecule has 0 saturated carbocycles. The fourth-order valence-corrected chi connectivity index (χ4v) is 4.87. The number of nitrogens with one attached hydrogen (secondary N) is 2. The summed E-state index contributed by atoms with van der Waals surface area (Å²) in [5, 5.41) is 3.26. The predicted molar refractivity (Wildman–Crippen MR) is 127 cm³/mol. The summed E-state index contributed by atoms with van der Waals surface area (Å²) in [4.78, 5) is 33.6. The molecule has 2 aromatic carbocycles. The fourth-order valence-electron chi connectivity index (χ4n) is 3.73. The molecule has 33 heavy (non-hydrogen) atoms. The number of aromatic amines is 1. The van der Waals surface area contributed by atoms with E-state index in [9.17, 15) is 18.0 Å². The van der Waals surface area contributed by atoms with E-state index in [1.54, 1.807) is 30.3 Å². The minimum atomic E-state index is -3.86. The Morgan fingerprint density at radius 2 is 2.03 bits per heavy atom. The van der Waals surface area contributed by atoms with E-state index in [0.29, 0.717) is 47.5 Å². The molecule has 0 unspecified atom stereocenters. The van der Waals surface area contributed by atoms with Crippen molar-refractivity contribution in [3.05, 3.63) is 64.7 Å². The smallest absolute Gasteiger partial charge is 0.284 e. The molecule has 0 aliphatic carbocycles. The highest BCUT2D eigenvalue weighted by atomic mass is 32.2. The number of carbonyl (C=O) groups is 1. The molecule has 1 fully saturated rings.